The highest BCUT2D eigenvalue weighted by atomic mass is 16.6. The molecule has 0 bridgehead atoms. The molecule has 1 aromatic heterocycles. The van der Waals surface area contributed by atoms with Gasteiger partial charge in [-0.15, -0.1) is 6.58 Å². The van der Waals surface area contributed by atoms with Crippen molar-refractivity contribution in [3.05, 3.63) is 60.3 Å². The van der Waals surface area contributed by atoms with E-state index < -0.39 is 0 Å². The molecule has 0 unspecified atom stereocenters. The smallest absolute Gasteiger partial charge is 0.410 e. The van der Waals surface area contributed by atoms with Gasteiger partial charge in [0, 0.05) is 42.3 Å². The van der Waals surface area contributed by atoms with E-state index >= 15 is 0 Å². The molecule has 0 radical (unpaired) electrons. The van der Waals surface area contributed by atoms with Gasteiger partial charge in [0.15, 0.2) is 5.82 Å². The van der Waals surface area contributed by atoms with Crippen LogP contribution in [0.15, 0.2) is 49.1 Å². The van der Waals surface area contributed by atoms with Crippen molar-refractivity contribution in [1.29, 1.82) is 0 Å². The van der Waals surface area contributed by atoms with Crippen molar-refractivity contribution in [2.75, 3.05) is 31.1 Å². The van der Waals surface area contributed by atoms with E-state index in [0.717, 1.165) is 56.7 Å². The summed E-state index contributed by atoms with van der Waals surface area (Å²) in [6, 6.07) is 12.5. The number of likely N-dealkylation sites (tertiary alicyclic amines) is 1. The Kier molecular flexibility index (Phi) is 6.38. The minimum atomic E-state index is -0.205. The number of aryl methyl sites for hydroxylation is 1. The van der Waals surface area contributed by atoms with Crippen molar-refractivity contribution in [3.63, 3.8) is 0 Å². The molecule has 1 aliphatic carbocycles. The molecule has 5 rings (SSSR count). The first kappa shape index (κ1) is 23.9. The number of carbonyl (C=O) groups excluding carboxylic acids is 1. The number of rotatable bonds is 7. The molecule has 3 heterocycles. The monoisotopic (exact) mass is 478 g/mol. The van der Waals surface area contributed by atoms with Crippen LogP contribution in [0.4, 0.5) is 10.6 Å². The lowest BCUT2D eigenvalue weighted by molar-refractivity contribution is -0.0834. The second kappa shape index (κ2) is 9.34. The molecule has 188 valence electrons. The molecule has 1 aromatic carbocycles. The summed E-state index contributed by atoms with van der Waals surface area (Å²) < 4.78 is 13.7. The van der Waals surface area contributed by atoms with Gasteiger partial charge in [-0.3, -0.25) is 4.68 Å². The van der Waals surface area contributed by atoms with Gasteiger partial charge in [0.2, 0.25) is 0 Å². The molecule has 35 heavy (non-hydrogen) atoms. The summed E-state index contributed by atoms with van der Waals surface area (Å²) in [4.78, 5) is 16.7. The summed E-state index contributed by atoms with van der Waals surface area (Å²) in [6.45, 7) is 13.9. The molecule has 0 N–H and O–H groups in total. The maximum Gasteiger partial charge on any atom is 0.410 e. The summed E-state index contributed by atoms with van der Waals surface area (Å²) in [7, 11) is 0. The fourth-order valence-electron chi connectivity index (χ4n) is 6.16. The number of carbonyl (C=O) groups is 1. The molecule has 7 nitrogen and oxygen atoms in total. The maximum absolute atomic E-state index is 12.4. The van der Waals surface area contributed by atoms with Crippen LogP contribution < -0.4 is 4.90 Å². The first-order valence-electron chi connectivity index (χ1n) is 12.8. The Labute approximate surface area is 208 Å². The van der Waals surface area contributed by atoms with Gasteiger partial charge in [0.1, 0.15) is 6.61 Å². The van der Waals surface area contributed by atoms with E-state index in [-0.39, 0.29) is 23.2 Å². The Morgan fingerprint density at radius 2 is 1.94 bits per heavy atom. The molecule has 1 amide bonds. The SMILES string of the molecule is C=CCO[C@@H]1CCN(c2cc(C)n(C3CC4(C3)CN(C(=O)OCc3ccccc3)C4)n2)C(C)(C)C1. The highest BCUT2D eigenvalue weighted by molar-refractivity contribution is 5.69. The largest absolute Gasteiger partial charge is 0.445 e. The first-order valence-corrected chi connectivity index (χ1v) is 12.8. The average molecular weight is 479 g/mol. The van der Waals surface area contributed by atoms with Gasteiger partial charge in [-0.2, -0.15) is 5.10 Å². The van der Waals surface area contributed by atoms with Crippen LogP contribution in [0.25, 0.3) is 0 Å². The van der Waals surface area contributed by atoms with E-state index in [2.05, 4.69) is 43.0 Å². The van der Waals surface area contributed by atoms with Gasteiger partial charge in [-0.1, -0.05) is 36.4 Å². The van der Waals surface area contributed by atoms with Crippen LogP contribution in [0.1, 0.15) is 56.8 Å². The number of anilines is 1. The summed E-state index contributed by atoms with van der Waals surface area (Å²) in [5, 5.41) is 5.06. The Morgan fingerprint density at radius 1 is 1.20 bits per heavy atom. The van der Waals surface area contributed by atoms with Gasteiger partial charge < -0.3 is 19.3 Å². The van der Waals surface area contributed by atoms with Gasteiger partial charge in [0.05, 0.1) is 18.8 Å². The molecular formula is C28H38N4O3. The van der Waals surface area contributed by atoms with E-state index in [9.17, 15) is 4.79 Å². The Morgan fingerprint density at radius 3 is 2.63 bits per heavy atom. The highest BCUT2D eigenvalue weighted by Gasteiger charge is 2.55. The standard InChI is InChI=1S/C28H38N4O3/c1-5-13-34-24-11-12-31(27(3,4)17-24)25-14-21(2)32(29-25)23-15-28(16-23)19-30(20-28)26(33)35-18-22-9-7-6-8-10-22/h5-10,14,23-24H,1,11-13,15-20H2,2-4H3/t24-/m1/s1. The Balaban J connectivity index is 1.13. The maximum atomic E-state index is 12.4. The van der Waals surface area contributed by atoms with Gasteiger partial charge in [-0.05, 0) is 52.0 Å². The Bertz CT molecular complexity index is 1050. The van der Waals surface area contributed by atoms with E-state index in [1.807, 2.05) is 41.3 Å². The second-order valence-electron chi connectivity index (χ2n) is 11.2. The average Bonchev–Trinajstić information content (AvgIpc) is 3.15. The zero-order valence-corrected chi connectivity index (χ0v) is 21.3. The molecule has 7 heteroatoms. The van der Waals surface area contributed by atoms with Crippen molar-refractivity contribution < 1.29 is 14.3 Å². The number of aromatic nitrogens is 2. The third-order valence-corrected chi connectivity index (χ3v) is 7.97. The van der Waals surface area contributed by atoms with Crippen LogP contribution in [-0.2, 0) is 16.1 Å². The van der Waals surface area contributed by atoms with Crippen LogP contribution in [0.2, 0.25) is 0 Å². The van der Waals surface area contributed by atoms with Crippen LogP contribution in [0.3, 0.4) is 0 Å². The van der Waals surface area contributed by atoms with Gasteiger partial charge in [-0.25, -0.2) is 4.79 Å². The molecule has 2 aromatic rings. The zero-order chi connectivity index (χ0) is 24.6. The minimum Gasteiger partial charge on any atom is -0.445 e. The molecular weight excluding hydrogens is 440 g/mol. The number of hydrogen-bond acceptors (Lipinski definition) is 5. The number of piperidine rings is 1. The van der Waals surface area contributed by atoms with E-state index in [1.165, 1.54) is 5.69 Å². The summed E-state index contributed by atoms with van der Waals surface area (Å²) in [6.07, 6.45) is 6.01. The Hall–Kier alpha value is -2.80. The fourth-order valence-corrected chi connectivity index (χ4v) is 6.16. The quantitative estimate of drug-likeness (QED) is 0.517. The topological polar surface area (TPSA) is 59.8 Å². The number of benzene rings is 1. The fraction of sp³-hybridized carbons (Fsp3) is 0.571. The number of hydrogen-bond donors (Lipinski definition) is 0. The third-order valence-electron chi connectivity index (χ3n) is 7.97. The predicted octanol–water partition coefficient (Wildman–Crippen LogP) is 5.12. The van der Waals surface area contributed by atoms with Crippen LogP contribution in [0.5, 0.6) is 0 Å². The number of ether oxygens (including phenoxy) is 2. The van der Waals surface area contributed by atoms with Crippen molar-refractivity contribution >= 4 is 11.9 Å². The lowest BCUT2D eigenvalue weighted by Crippen LogP contribution is -2.64. The molecule has 3 aliphatic rings. The second-order valence-corrected chi connectivity index (χ2v) is 11.2. The van der Waals surface area contributed by atoms with E-state index in [4.69, 9.17) is 14.6 Å². The first-order chi connectivity index (χ1) is 16.8. The van der Waals surface area contributed by atoms with E-state index in [1.54, 1.807) is 0 Å². The number of amides is 1. The molecule has 1 saturated carbocycles. The minimum absolute atomic E-state index is 0.00880. The lowest BCUT2D eigenvalue weighted by atomic mass is 9.61. The number of nitrogens with zero attached hydrogens (tertiary/aromatic N) is 4. The third kappa shape index (κ3) is 4.83. The summed E-state index contributed by atoms with van der Waals surface area (Å²) in [5.41, 5.74) is 2.45. The summed E-state index contributed by atoms with van der Waals surface area (Å²) in [5.74, 6) is 1.07. The van der Waals surface area contributed by atoms with Crippen molar-refractivity contribution in [1.82, 2.24) is 14.7 Å². The van der Waals surface area contributed by atoms with Crippen molar-refractivity contribution in [2.24, 2.45) is 5.41 Å². The molecule has 2 aliphatic heterocycles. The van der Waals surface area contributed by atoms with Crippen LogP contribution in [-0.4, -0.2) is 58.7 Å². The van der Waals surface area contributed by atoms with Crippen molar-refractivity contribution in [2.45, 2.75) is 70.7 Å². The zero-order valence-electron chi connectivity index (χ0n) is 21.3. The summed E-state index contributed by atoms with van der Waals surface area (Å²) >= 11 is 0. The predicted molar refractivity (Wildman–Crippen MR) is 136 cm³/mol. The van der Waals surface area contributed by atoms with Crippen LogP contribution in [0, 0.1) is 12.3 Å². The molecule has 1 atom stereocenters. The van der Waals surface area contributed by atoms with Crippen LogP contribution >= 0.6 is 0 Å². The molecule has 1 spiro atoms. The van der Waals surface area contributed by atoms with Gasteiger partial charge in [0.25, 0.3) is 0 Å². The lowest BCUT2D eigenvalue weighted by Gasteiger charge is -2.58. The molecule has 2 saturated heterocycles. The van der Waals surface area contributed by atoms with Gasteiger partial charge >= 0.3 is 6.09 Å². The molecule has 3 fully saturated rings. The van der Waals surface area contributed by atoms with E-state index in [0.29, 0.717) is 19.3 Å². The highest BCUT2D eigenvalue weighted by Crippen LogP contribution is 2.54. The van der Waals surface area contributed by atoms with Crippen molar-refractivity contribution in [3.8, 4) is 0 Å². The normalized spacial score (nSPS) is 23.0.